The van der Waals surface area contributed by atoms with Gasteiger partial charge in [-0.25, -0.2) is 13.9 Å². The maximum atomic E-state index is 10.8. The zero-order chi connectivity index (χ0) is 12.1. The molecule has 0 aliphatic heterocycles. The Bertz CT molecular complexity index is 396. The molecule has 88 valence electrons. The third-order valence-corrected chi connectivity index (χ3v) is 2.36. The van der Waals surface area contributed by atoms with Crippen molar-refractivity contribution >= 4 is 11.9 Å². The molecule has 0 fully saturated rings. The molecule has 0 radical (unpaired) electrons. The molecule has 1 aromatic heterocycles. The number of aromatic nitrogens is 2. The van der Waals surface area contributed by atoms with Gasteiger partial charge < -0.3 is 4.74 Å². The lowest BCUT2D eigenvalue weighted by Gasteiger charge is -2.02. The predicted octanol–water partition coefficient (Wildman–Crippen LogP) is 0.299. The Balaban J connectivity index is 2.43. The lowest BCUT2D eigenvalue weighted by atomic mass is 10.5. The molecule has 0 spiro atoms. The molecule has 0 aromatic carbocycles. The zero-order valence-corrected chi connectivity index (χ0v) is 9.99. The van der Waals surface area contributed by atoms with E-state index in [1.165, 1.54) is 0 Å². The molecule has 1 N–H and O–H groups in total. The Morgan fingerprint density at radius 1 is 1.75 bits per heavy atom. The van der Waals surface area contributed by atoms with Gasteiger partial charge in [-0.05, 0) is 6.92 Å². The summed E-state index contributed by atoms with van der Waals surface area (Å²) in [7, 11) is 3.94. The number of aryl methyl sites for hydroxylation is 2. The second-order valence-electron chi connectivity index (χ2n) is 3.56. The van der Waals surface area contributed by atoms with Gasteiger partial charge in [-0.15, -0.1) is 0 Å². The van der Waals surface area contributed by atoms with E-state index in [4.69, 9.17) is 4.74 Å². The summed E-state index contributed by atoms with van der Waals surface area (Å²) in [5, 5.41) is 3.20. The van der Waals surface area contributed by atoms with Crippen molar-refractivity contribution in [2.75, 3.05) is 18.5 Å². The molecule has 0 amide bonds. The standard InChI is InChI=1S/C11H17N3O2/c1-5-10(15)16-7-6-12-11-13(3)8-9(2)14(11)4/h5,8H,1,6-7H2,2-4H3/p+1. The van der Waals surface area contributed by atoms with Gasteiger partial charge in [0.15, 0.2) is 0 Å². The minimum absolute atomic E-state index is 0.328. The molecule has 0 aliphatic rings. The molecular weight excluding hydrogens is 206 g/mol. The third kappa shape index (κ3) is 2.85. The Labute approximate surface area is 95.3 Å². The minimum Gasteiger partial charge on any atom is -0.459 e. The third-order valence-electron chi connectivity index (χ3n) is 2.36. The second kappa shape index (κ2) is 5.34. The SMILES string of the molecule is C=CC(=O)OCCNc1n(C)c(C)c[n+]1C. The van der Waals surface area contributed by atoms with Crippen LogP contribution in [0, 0.1) is 6.92 Å². The van der Waals surface area contributed by atoms with Crippen molar-refractivity contribution < 1.29 is 14.1 Å². The van der Waals surface area contributed by atoms with Crippen LogP contribution in [-0.2, 0) is 23.6 Å². The van der Waals surface area contributed by atoms with Crippen LogP contribution in [0.5, 0.6) is 0 Å². The second-order valence-corrected chi connectivity index (χ2v) is 3.56. The summed E-state index contributed by atoms with van der Waals surface area (Å²) >= 11 is 0. The van der Waals surface area contributed by atoms with E-state index >= 15 is 0 Å². The normalized spacial score (nSPS) is 9.94. The van der Waals surface area contributed by atoms with Crippen molar-refractivity contribution in [3.8, 4) is 0 Å². The Morgan fingerprint density at radius 2 is 2.44 bits per heavy atom. The molecule has 0 saturated heterocycles. The van der Waals surface area contributed by atoms with Crippen molar-refractivity contribution in [3.63, 3.8) is 0 Å². The van der Waals surface area contributed by atoms with Crippen LogP contribution in [0.25, 0.3) is 0 Å². The molecule has 16 heavy (non-hydrogen) atoms. The highest BCUT2D eigenvalue weighted by Crippen LogP contribution is 2.03. The van der Waals surface area contributed by atoms with Gasteiger partial charge in [0, 0.05) is 6.08 Å². The first-order valence-corrected chi connectivity index (χ1v) is 5.11. The van der Waals surface area contributed by atoms with Gasteiger partial charge in [0.1, 0.15) is 12.3 Å². The number of hydrogen-bond donors (Lipinski definition) is 1. The lowest BCUT2D eigenvalue weighted by Crippen LogP contribution is -2.31. The van der Waals surface area contributed by atoms with E-state index in [9.17, 15) is 4.79 Å². The molecule has 1 rings (SSSR count). The van der Waals surface area contributed by atoms with E-state index in [0.717, 1.165) is 17.7 Å². The van der Waals surface area contributed by atoms with E-state index in [1.54, 1.807) is 0 Å². The number of rotatable bonds is 5. The molecule has 5 heteroatoms. The van der Waals surface area contributed by atoms with Crippen LogP contribution in [0.15, 0.2) is 18.9 Å². The number of carbonyl (C=O) groups is 1. The van der Waals surface area contributed by atoms with Crippen molar-refractivity contribution in [2.24, 2.45) is 14.1 Å². The van der Waals surface area contributed by atoms with Crippen LogP contribution < -0.4 is 9.88 Å². The summed E-state index contributed by atoms with van der Waals surface area (Å²) < 4.78 is 8.89. The average molecular weight is 224 g/mol. The fraction of sp³-hybridized carbons (Fsp3) is 0.455. The summed E-state index contributed by atoms with van der Waals surface area (Å²) in [6.45, 7) is 6.26. The fourth-order valence-corrected chi connectivity index (χ4v) is 1.45. The topological polar surface area (TPSA) is 47.1 Å². The highest BCUT2D eigenvalue weighted by atomic mass is 16.5. The van der Waals surface area contributed by atoms with Crippen LogP contribution in [0.3, 0.4) is 0 Å². The largest absolute Gasteiger partial charge is 0.459 e. The molecular formula is C11H18N3O2+. The molecule has 1 heterocycles. The Hall–Kier alpha value is -1.78. The Morgan fingerprint density at radius 3 is 2.94 bits per heavy atom. The van der Waals surface area contributed by atoms with Gasteiger partial charge in [0.2, 0.25) is 0 Å². The van der Waals surface area contributed by atoms with Gasteiger partial charge in [0.05, 0.1) is 26.8 Å². The van der Waals surface area contributed by atoms with Crippen molar-refractivity contribution in [2.45, 2.75) is 6.92 Å². The van der Waals surface area contributed by atoms with Gasteiger partial charge in [0.25, 0.3) is 0 Å². The number of nitrogens with one attached hydrogen (secondary N) is 1. The molecule has 0 atom stereocenters. The van der Waals surface area contributed by atoms with Gasteiger partial charge in [-0.3, -0.25) is 5.32 Å². The summed E-state index contributed by atoms with van der Waals surface area (Å²) in [5.41, 5.74) is 1.16. The number of anilines is 1. The predicted molar refractivity (Wildman–Crippen MR) is 61.0 cm³/mol. The summed E-state index contributed by atoms with van der Waals surface area (Å²) in [4.78, 5) is 10.8. The summed E-state index contributed by atoms with van der Waals surface area (Å²) in [6, 6.07) is 0. The van der Waals surface area contributed by atoms with E-state index in [1.807, 2.05) is 36.4 Å². The van der Waals surface area contributed by atoms with Crippen molar-refractivity contribution in [3.05, 3.63) is 24.5 Å². The minimum atomic E-state index is -0.394. The maximum Gasteiger partial charge on any atom is 0.357 e. The van der Waals surface area contributed by atoms with E-state index < -0.39 is 5.97 Å². The first-order valence-electron chi connectivity index (χ1n) is 5.11. The number of carbonyl (C=O) groups excluding carboxylic acids is 1. The fourth-order valence-electron chi connectivity index (χ4n) is 1.45. The summed E-state index contributed by atoms with van der Waals surface area (Å²) in [6.07, 6.45) is 3.19. The zero-order valence-electron chi connectivity index (χ0n) is 9.99. The number of hydrogen-bond acceptors (Lipinski definition) is 3. The van der Waals surface area contributed by atoms with E-state index in [0.29, 0.717) is 13.2 Å². The van der Waals surface area contributed by atoms with Crippen LogP contribution in [-0.4, -0.2) is 23.7 Å². The molecule has 1 aromatic rings. The van der Waals surface area contributed by atoms with Gasteiger partial charge in [-0.1, -0.05) is 6.58 Å². The molecule has 0 saturated carbocycles. The van der Waals surface area contributed by atoms with Crippen molar-refractivity contribution in [1.29, 1.82) is 0 Å². The first-order chi connectivity index (χ1) is 7.56. The monoisotopic (exact) mass is 224 g/mol. The first kappa shape index (κ1) is 12.3. The molecule has 5 nitrogen and oxygen atoms in total. The molecule has 0 aliphatic carbocycles. The molecule has 0 unspecified atom stereocenters. The van der Waals surface area contributed by atoms with Crippen molar-refractivity contribution in [1.82, 2.24) is 4.57 Å². The number of nitrogens with zero attached hydrogens (tertiary/aromatic N) is 2. The molecule has 0 bridgehead atoms. The van der Waals surface area contributed by atoms with E-state index in [-0.39, 0.29) is 0 Å². The number of ether oxygens (including phenoxy) is 1. The average Bonchev–Trinajstić information content (AvgIpc) is 2.49. The van der Waals surface area contributed by atoms with Gasteiger partial charge in [-0.2, -0.15) is 0 Å². The highest BCUT2D eigenvalue weighted by molar-refractivity contribution is 5.81. The number of esters is 1. The van der Waals surface area contributed by atoms with Crippen LogP contribution >= 0.6 is 0 Å². The Kier molecular flexibility index (Phi) is 4.10. The van der Waals surface area contributed by atoms with Crippen LogP contribution in [0.1, 0.15) is 5.69 Å². The highest BCUT2D eigenvalue weighted by Gasteiger charge is 2.13. The van der Waals surface area contributed by atoms with Crippen LogP contribution in [0.2, 0.25) is 0 Å². The van der Waals surface area contributed by atoms with E-state index in [2.05, 4.69) is 11.9 Å². The quantitative estimate of drug-likeness (QED) is 0.339. The summed E-state index contributed by atoms with van der Waals surface area (Å²) in [5.74, 6) is 0.585. The maximum absolute atomic E-state index is 10.8. The smallest absolute Gasteiger partial charge is 0.357 e. The van der Waals surface area contributed by atoms with Crippen LogP contribution in [0.4, 0.5) is 5.95 Å². The lowest BCUT2D eigenvalue weighted by molar-refractivity contribution is -0.656. The van der Waals surface area contributed by atoms with Gasteiger partial charge >= 0.3 is 11.9 Å². The number of imidazole rings is 1.